The molecule has 0 atom stereocenters. The molecule has 0 radical (unpaired) electrons. The van der Waals surface area contributed by atoms with Gasteiger partial charge >= 0.3 is 0 Å². The van der Waals surface area contributed by atoms with Gasteiger partial charge in [-0.3, -0.25) is 4.79 Å². The van der Waals surface area contributed by atoms with Gasteiger partial charge in [0.2, 0.25) is 5.91 Å². The van der Waals surface area contributed by atoms with Crippen LogP contribution in [0.5, 0.6) is 0 Å². The van der Waals surface area contributed by atoms with Crippen molar-refractivity contribution in [1.82, 2.24) is 19.7 Å². The highest BCUT2D eigenvalue weighted by molar-refractivity contribution is 7.99. The number of aromatic nitrogens is 3. The zero-order valence-corrected chi connectivity index (χ0v) is 19.1. The minimum absolute atomic E-state index is 0.0820. The van der Waals surface area contributed by atoms with Crippen LogP contribution in [-0.2, 0) is 4.79 Å². The maximum atomic E-state index is 13.2. The summed E-state index contributed by atoms with van der Waals surface area (Å²) in [6.45, 7) is 2.01. The van der Waals surface area contributed by atoms with Gasteiger partial charge in [0, 0.05) is 13.1 Å². The molecule has 5 nitrogen and oxygen atoms in total. The summed E-state index contributed by atoms with van der Waals surface area (Å²) in [6, 6.07) is 20.8. The second kappa shape index (κ2) is 10.1. The molecule has 0 N–H and O–H groups in total. The summed E-state index contributed by atoms with van der Waals surface area (Å²) >= 11 is 1.50. The smallest absolute Gasteiger partial charge is 0.233 e. The lowest BCUT2D eigenvalue weighted by molar-refractivity contribution is -0.128. The first-order valence-electron chi connectivity index (χ1n) is 11.0. The molecule has 1 aliphatic rings. The van der Waals surface area contributed by atoms with Crippen LogP contribution in [0.2, 0.25) is 0 Å². The van der Waals surface area contributed by atoms with Crippen LogP contribution < -0.4 is 0 Å². The lowest BCUT2D eigenvalue weighted by Crippen LogP contribution is -2.33. The van der Waals surface area contributed by atoms with Crippen molar-refractivity contribution in [3.05, 3.63) is 77.6 Å². The van der Waals surface area contributed by atoms with Gasteiger partial charge < -0.3 is 9.47 Å². The molecule has 6 heteroatoms. The van der Waals surface area contributed by atoms with Crippen LogP contribution in [0.1, 0.15) is 61.1 Å². The summed E-state index contributed by atoms with van der Waals surface area (Å²) in [5.41, 5.74) is 2.21. The van der Waals surface area contributed by atoms with Crippen LogP contribution in [0.15, 0.2) is 65.8 Å². The predicted octanol–water partition coefficient (Wildman–Crippen LogP) is 5.43. The van der Waals surface area contributed by atoms with E-state index in [0.29, 0.717) is 11.8 Å². The van der Waals surface area contributed by atoms with E-state index < -0.39 is 0 Å². The summed E-state index contributed by atoms with van der Waals surface area (Å²) in [4.78, 5) is 15.1. The van der Waals surface area contributed by atoms with E-state index in [1.54, 1.807) is 0 Å². The molecule has 4 rings (SSSR count). The fourth-order valence-corrected chi connectivity index (χ4v) is 5.47. The number of carbonyl (C=O) groups is 1. The van der Waals surface area contributed by atoms with Crippen LogP contribution in [0, 0.1) is 6.92 Å². The van der Waals surface area contributed by atoms with Crippen LogP contribution in [0.25, 0.3) is 0 Å². The number of rotatable bonds is 7. The molecule has 1 aliphatic carbocycles. The van der Waals surface area contributed by atoms with E-state index >= 15 is 0 Å². The molecule has 3 aromatic rings. The van der Waals surface area contributed by atoms with Crippen molar-refractivity contribution >= 4 is 17.7 Å². The number of carbonyl (C=O) groups excluding carboxylic acids is 1. The Bertz CT molecular complexity index is 944. The molecular formula is C25H30N4OS. The molecule has 1 fully saturated rings. The van der Waals surface area contributed by atoms with Crippen LogP contribution in [0.4, 0.5) is 0 Å². The second-order valence-electron chi connectivity index (χ2n) is 8.21. The largest absolute Gasteiger partial charge is 0.334 e. The molecule has 0 spiro atoms. The third kappa shape index (κ3) is 5.01. The minimum Gasteiger partial charge on any atom is -0.334 e. The highest BCUT2D eigenvalue weighted by atomic mass is 32.2. The fraction of sp³-hybridized carbons (Fsp3) is 0.400. The zero-order chi connectivity index (χ0) is 21.6. The first kappa shape index (κ1) is 21.6. The first-order chi connectivity index (χ1) is 15.1. The molecule has 0 bridgehead atoms. The SMILES string of the molecule is Cc1nnc(SCC(=O)N(C)C(c2ccccc2)c2ccccc2)n1C1CCCCC1. The summed E-state index contributed by atoms with van der Waals surface area (Å²) in [5.74, 6) is 1.37. The maximum absolute atomic E-state index is 13.2. The molecule has 0 saturated heterocycles. The Kier molecular flexibility index (Phi) is 7.07. The lowest BCUT2D eigenvalue weighted by Gasteiger charge is -2.29. The highest BCUT2D eigenvalue weighted by Crippen LogP contribution is 2.33. The molecule has 31 heavy (non-hydrogen) atoms. The first-order valence-corrected chi connectivity index (χ1v) is 12.0. The van der Waals surface area contributed by atoms with E-state index in [1.165, 1.54) is 43.9 Å². The number of thioether (sulfide) groups is 1. The molecular weight excluding hydrogens is 404 g/mol. The van der Waals surface area contributed by atoms with E-state index in [0.717, 1.165) is 22.1 Å². The van der Waals surface area contributed by atoms with E-state index in [1.807, 2.05) is 55.3 Å². The summed E-state index contributed by atoms with van der Waals surface area (Å²) in [5, 5.41) is 9.56. The Labute approximate surface area is 188 Å². The van der Waals surface area contributed by atoms with Gasteiger partial charge in [0.15, 0.2) is 5.16 Å². The van der Waals surface area contributed by atoms with Crippen molar-refractivity contribution < 1.29 is 4.79 Å². The molecule has 2 aromatic carbocycles. The monoisotopic (exact) mass is 434 g/mol. The fourth-order valence-electron chi connectivity index (χ4n) is 4.49. The quantitative estimate of drug-likeness (QED) is 0.465. The van der Waals surface area contributed by atoms with Gasteiger partial charge in [-0.15, -0.1) is 10.2 Å². The molecule has 1 aromatic heterocycles. The van der Waals surface area contributed by atoms with Crippen molar-refractivity contribution in [1.29, 1.82) is 0 Å². The average Bonchev–Trinajstić information content (AvgIpc) is 3.19. The Morgan fingerprint density at radius 1 is 1.00 bits per heavy atom. The van der Waals surface area contributed by atoms with Gasteiger partial charge in [0.25, 0.3) is 0 Å². The van der Waals surface area contributed by atoms with Gasteiger partial charge in [-0.25, -0.2) is 0 Å². The van der Waals surface area contributed by atoms with E-state index in [-0.39, 0.29) is 11.9 Å². The molecule has 1 heterocycles. The van der Waals surface area contributed by atoms with Gasteiger partial charge in [-0.1, -0.05) is 91.7 Å². The molecule has 0 aliphatic heterocycles. The van der Waals surface area contributed by atoms with E-state index in [2.05, 4.69) is 39.0 Å². The summed E-state index contributed by atoms with van der Waals surface area (Å²) in [6.07, 6.45) is 6.16. The standard InChI is InChI=1S/C25H30N4OS/c1-19-26-27-25(29(19)22-16-10-5-11-17-22)31-18-23(30)28(2)24(20-12-6-3-7-13-20)21-14-8-4-9-15-21/h3-4,6-9,12-15,22,24H,5,10-11,16-18H2,1-2H3. The van der Waals surface area contributed by atoms with Crippen molar-refractivity contribution in [3.8, 4) is 0 Å². The van der Waals surface area contributed by atoms with Gasteiger partial charge in [0.1, 0.15) is 5.82 Å². The minimum atomic E-state index is -0.117. The molecule has 0 unspecified atom stereocenters. The number of hydrogen-bond acceptors (Lipinski definition) is 4. The van der Waals surface area contributed by atoms with E-state index in [9.17, 15) is 4.79 Å². The number of hydrogen-bond donors (Lipinski definition) is 0. The van der Waals surface area contributed by atoms with E-state index in [4.69, 9.17) is 0 Å². The second-order valence-corrected chi connectivity index (χ2v) is 9.15. The number of benzene rings is 2. The van der Waals surface area contributed by atoms with Crippen molar-refractivity contribution in [2.45, 2.75) is 56.3 Å². The van der Waals surface area contributed by atoms with Crippen LogP contribution in [0.3, 0.4) is 0 Å². The Morgan fingerprint density at radius 2 is 1.58 bits per heavy atom. The number of nitrogens with zero attached hydrogens (tertiary/aromatic N) is 4. The summed E-state index contributed by atoms with van der Waals surface area (Å²) < 4.78 is 2.25. The van der Waals surface area contributed by atoms with Crippen molar-refractivity contribution in [2.75, 3.05) is 12.8 Å². The van der Waals surface area contributed by atoms with Gasteiger partial charge in [-0.05, 0) is 30.9 Å². The van der Waals surface area contributed by atoms with Gasteiger partial charge in [0.05, 0.1) is 11.8 Å². The predicted molar refractivity (Wildman–Crippen MR) is 125 cm³/mol. The third-order valence-electron chi connectivity index (χ3n) is 6.11. The van der Waals surface area contributed by atoms with Crippen LogP contribution >= 0.6 is 11.8 Å². The molecule has 1 saturated carbocycles. The normalized spacial score (nSPS) is 14.7. The Hall–Kier alpha value is -2.60. The topological polar surface area (TPSA) is 51.0 Å². The number of aryl methyl sites for hydroxylation is 1. The number of amides is 1. The van der Waals surface area contributed by atoms with Crippen LogP contribution in [-0.4, -0.2) is 38.4 Å². The molecule has 162 valence electrons. The highest BCUT2D eigenvalue weighted by Gasteiger charge is 2.25. The van der Waals surface area contributed by atoms with Gasteiger partial charge in [-0.2, -0.15) is 0 Å². The third-order valence-corrected chi connectivity index (χ3v) is 7.04. The average molecular weight is 435 g/mol. The Balaban J connectivity index is 1.50. The molecule has 1 amide bonds. The Morgan fingerprint density at radius 3 is 2.16 bits per heavy atom. The van der Waals surface area contributed by atoms with Crippen molar-refractivity contribution in [2.24, 2.45) is 0 Å². The van der Waals surface area contributed by atoms with Crippen molar-refractivity contribution in [3.63, 3.8) is 0 Å². The lowest BCUT2D eigenvalue weighted by atomic mass is 9.95. The summed E-state index contributed by atoms with van der Waals surface area (Å²) in [7, 11) is 1.89. The zero-order valence-electron chi connectivity index (χ0n) is 18.3. The maximum Gasteiger partial charge on any atom is 0.233 e.